The standard InChI is InChI=1S/C25H35N5O2/c1-4-27-25(28-17-19-7-9-21(10-8-19)24(31)26-2)29-18-23(30-15-5-6-16-30)20-11-13-22(32-3)14-12-20/h7-14,23H,4-6,15-18H2,1-3H3,(H,26,31)(H2,27,28,29). The van der Waals surface area contributed by atoms with Gasteiger partial charge in [0.2, 0.25) is 0 Å². The van der Waals surface area contributed by atoms with E-state index >= 15 is 0 Å². The molecular formula is C25H35N5O2. The zero-order chi connectivity index (χ0) is 22.8. The maximum atomic E-state index is 11.7. The molecule has 1 unspecified atom stereocenters. The van der Waals surface area contributed by atoms with Crippen LogP contribution in [0.5, 0.6) is 5.75 Å². The van der Waals surface area contributed by atoms with Crippen molar-refractivity contribution in [1.29, 1.82) is 0 Å². The number of benzene rings is 2. The summed E-state index contributed by atoms with van der Waals surface area (Å²) in [7, 11) is 3.33. The third-order valence-electron chi connectivity index (χ3n) is 5.75. The highest BCUT2D eigenvalue weighted by atomic mass is 16.5. The van der Waals surface area contributed by atoms with E-state index in [0.717, 1.165) is 43.5 Å². The summed E-state index contributed by atoms with van der Waals surface area (Å²) < 4.78 is 5.32. The van der Waals surface area contributed by atoms with Crippen LogP contribution in [0.3, 0.4) is 0 Å². The number of likely N-dealkylation sites (tertiary alicyclic amines) is 1. The number of carbonyl (C=O) groups excluding carboxylic acids is 1. The Bertz CT molecular complexity index is 874. The van der Waals surface area contributed by atoms with E-state index in [1.165, 1.54) is 18.4 Å². The molecule has 0 aliphatic carbocycles. The molecule has 0 spiro atoms. The zero-order valence-electron chi connectivity index (χ0n) is 19.4. The first-order chi connectivity index (χ1) is 15.6. The Labute approximate surface area is 191 Å². The summed E-state index contributed by atoms with van der Waals surface area (Å²) in [6.45, 7) is 6.40. The number of aliphatic imine (C=N–C) groups is 1. The van der Waals surface area contributed by atoms with E-state index in [4.69, 9.17) is 9.73 Å². The fourth-order valence-electron chi connectivity index (χ4n) is 3.95. The van der Waals surface area contributed by atoms with E-state index in [2.05, 4.69) is 39.9 Å². The fourth-order valence-corrected chi connectivity index (χ4v) is 3.95. The molecule has 2 aromatic rings. The van der Waals surface area contributed by atoms with Gasteiger partial charge >= 0.3 is 0 Å². The Balaban J connectivity index is 1.67. The smallest absolute Gasteiger partial charge is 0.251 e. The second-order valence-electron chi connectivity index (χ2n) is 7.88. The number of hydrogen-bond donors (Lipinski definition) is 3. The van der Waals surface area contributed by atoms with Gasteiger partial charge in [-0.05, 0) is 68.2 Å². The second kappa shape index (κ2) is 12.1. The molecule has 1 saturated heterocycles. The van der Waals surface area contributed by atoms with E-state index in [1.807, 2.05) is 36.4 Å². The summed E-state index contributed by atoms with van der Waals surface area (Å²) in [4.78, 5) is 19.0. The van der Waals surface area contributed by atoms with Crippen molar-refractivity contribution in [2.24, 2.45) is 4.99 Å². The first kappa shape index (κ1) is 23.6. The Hall–Kier alpha value is -3.06. The molecule has 1 aliphatic rings. The molecule has 32 heavy (non-hydrogen) atoms. The van der Waals surface area contributed by atoms with Crippen LogP contribution in [-0.2, 0) is 6.54 Å². The second-order valence-corrected chi connectivity index (χ2v) is 7.88. The Kier molecular flexibility index (Phi) is 8.92. The van der Waals surface area contributed by atoms with Gasteiger partial charge in [-0.3, -0.25) is 9.69 Å². The fraction of sp³-hybridized carbons (Fsp3) is 0.440. The van der Waals surface area contributed by atoms with Crippen molar-refractivity contribution < 1.29 is 9.53 Å². The monoisotopic (exact) mass is 437 g/mol. The lowest BCUT2D eigenvalue weighted by Gasteiger charge is -2.29. The summed E-state index contributed by atoms with van der Waals surface area (Å²) in [6, 6.07) is 16.2. The van der Waals surface area contributed by atoms with Crippen LogP contribution in [0.25, 0.3) is 0 Å². The van der Waals surface area contributed by atoms with Crippen LogP contribution in [0.1, 0.15) is 47.3 Å². The number of ether oxygens (including phenoxy) is 1. The molecule has 3 N–H and O–H groups in total. The maximum absolute atomic E-state index is 11.7. The highest BCUT2D eigenvalue weighted by Crippen LogP contribution is 2.26. The SMILES string of the molecule is CCNC(=NCc1ccc(C(=O)NC)cc1)NCC(c1ccc(OC)cc1)N1CCCC1. The molecule has 2 aromatic carbocycles. The zero-order valence-corrected chi connectivity index (χ0v) is 19.4. The average Bonchev–Trinajstić information content (AvgIpc) is 3.37. The summed E-state index contributed by atoms with van der Waals surface area (Å²) in [6.07, 6.45) is 2.49. The van der Waals surface area contributed by atoms with Crippen LogP contribution >= 0.6 is 0 Å². The Morgan fingerprint density at radius 1 is 1.06 bits per heavy atom. The minimum absolute atomic E-state index is 0.0819. The van der Waals surface area contributed by atoms with E-state index in [1.54, 1.807) is 14.2 Å². The van der Waals surface area contributed by atoms with Crippen molar-refractivity contribution in [2.45, 2.75) is 32.4 Å². The number of hydrogen-bond acceptors (Lipinski definition) is 4. The van der Waals surface area contributed by atoms with Crippen LogP contribution in [0.15, 0.2) is 53.5 Å². The quantitative estimate of drug-likeness (QED) is 0.415. The molecule has 0 bridgehead atoms. The van der Waals surface area contributed by atoms with Crippen molar-refractivity contribution in [3.05, 3.63) is 65.2 Å². The van der Waals surface area contributed by atoms with Gasteiger partial charge in [0.25, 0.3) is 5.91 Å². The van der Waals surface area contributed by atoms with Gasteiger partial charge in [-0.15, -0.1) is 0 Å². The topological polar surface area (TPSA) is 78.0 Å². The predicted octanol–water partition coefficient (Wildman–Crippen LogP) is 2.95. The highest BCUT2D eigenvalue weighted by molar-refractivity contribution is 5.93. The van der Waals surface area contributed by atoms with Crippen molar-refractivity contribution in [2.75, 3.05) is 40.3 Å². The predicted molar refractivity (Wildman–Crippen MR) is 129 cm³/mol. The van der Waals surface area contributed by atoms with Crippen LogP contribution < -0.4 is 20.7 Å². The molecular weight excluding hydrogens is 402 g/mol. The van der Waals surface area contributed by atoms with Gasteiger partial charge < -0.3 is 20.7 Å². The third kappa shape index (κ3) is 6.47. The van der Waals surface area contributed by atoms with Gasteiger partial charge in [-0.2, -0.15) is 0 Å². The van der Waals surface area contributed by atoms with Gasteiger partial charge in [0.05, 0.1) is 19.7 Å². The summed E-state index contributed by atoms with van der Waals surface area (Å²) >= 11 is 0. The number of nitrogens with zero attached hydrogens (tertiary/aromatic N) is 2. The Morgan fingerprint density at radius 3 is 2.34 bits per heavy atom. The lowest BCUT2D eigenvalue weighted by molar-refractivity contribution is 0.0963. The minimum atomic E-state index is -0.0819. The van der Waals surface area contributed by atoms with Gasteiger partial charge in [-0.25, -0.2) is 4.99 Å². The number of guanidine groups is 1. The van der Waals surface area contributed by atoms with Crippen LogP contribution in [-0.4, -0.2) is 57.1 Å². The highest BCUT2D eigenvalue weighted by Gasteiger charge is 2.23. The molecule has 1 fully saturated rings. The van der Waals surface area contributed by atoms with E-state index in [9.17, 15) is 4.79 Å². The van der Waals surface area contributed by atoms with Crippen molar-refractivity contribution in [1.82, 2.24) is 20.9 Å². The van der Waals surface area contributed by atoms with E-state index < -0.39 is 0 Å². The number of methoxy groups -OCH3 is 1. The first-order valence-corrected chi connectivity index (χ1v) is 11.4. The molecule has 7 nitrogen and oxygen atoms in total. The first-order valence-electron chi connectivity index (χ1n) is 11.4. The van der Waals surface area contributed by atoms with Crippen molar-refractivity contribution in [3.63, 3.8) is 0 Å². The van der Waals surface area contributed by atoms with Crippen LogP contribution in [0.4, 0.5) is 0 Å². The number of rotatable bonds is 9. The molecule has 7 heteroatoms. The van der Waals surface area contributed by atoms with Gasteiger partial charge in [0.1, 0.15) is 5.75 Å². The molecule has 172 valence electrons. The number of nitrogens with one attached hydrogen (secondary N) is 3. The summed E-state index contributed by atoms with van der Waals surface area (Å²) in [5.74, 6) is 1.58. The van der Waals surface area contributed by atoms with Gasteiger partial charge in [0, 0.05) is 25.7 Å². The molecule has 0 aromatic heterocycles. The van der Waals surface area contributed by atoms with Crippen molar-refractivity contribution >= 4 is 11.9 Å². The molecule has 1 amide bonds. The van der Waals surface area contributed by atoms with Crippen molar-refractivity contribution in [3.8, 4) is 5.75 Å². The molecule has 0 radical (unpaired) electrons. The van der Waals surface area contributed by atoms with Gasteiger partial charge in [0.15, 0.2) is 5.96 Å². The van der Waals surface area contributed by atoms with Gasteiger partial charge in [-0.1, -0.05) is 24.3 Å². The van der Waals surface area contributed by atoms with Crippen LogP contribution in [0, 0.1) is 0 Å². The Morgan fingerprint density at radius 2 is 1.75 bits per heavy atom. The van der Waals surface area contributed by atoms with E-state index in [-0.39, 0.29) is 11.9 Å². The molecule has 0 saturated carbocycles. The number of amides is 1. The normalized spacial score (nSPS) is 15.3. The van der Waals surface area contributed by atoms with E-state index in [0.29, 0.717) is 12.1 Å². The molecule has 1 heterocycles. The maximum Gasteiger partial charge on any atom is 0.251 e. The molecule has 1 aliphatic heterocycles. The number of carbonyl (C=O) groups is 1. The minimum Gasteiger partial charge on any atom is -0.497 e. The molecule has 3 rings (SSSR count). The lowest BCUT2D eigenvalue weighted by Crippen LogP contribution is -2.42. The molecule has 1 atom stereocenters. The largest absolute Gasteiger partial charge is 0.497 e. The van der Waals surface area contributed by atoms with Crippen LogP contribution in [0.2, 0.25) is 0 Å². The summed E-state index contributed by atoms with van der Waals surface area (Å²) in [5.41, 5.74) is 2.99. The lowest BCUT2D eigenvalue weighted by atomic mass is 10.1. The summed E-state index contributed by atoms with van der Waals surface area (Å²) in [5, 5.41) is 9.52. The third-order valence-corrected chi connectivity index (χ3v) is 5.75. The average molecular weight is 438 g/mol.